The molecule has 21 heavy (non-hydrogen) atoms. The second-order valence-electron chi connectivity index (χ2n) is 5.23. The molecule has 5 heteroatoms. The minimum Gasteiger partial charge on any atom is -0.495 e. The molecule has 0 aromatic heterocycles. The van der Waals surface area contributed by atoms with E-state index >= 15 is 0 Å². The van der Waals surface area contributed by atoms with Crippen LogP contribution in [0.5, 0.6) is 5.75 Å². The van der Waals surface area contributed by atoms with Gasteiger partial charge in [0.15, 0.2) is 0 Å². The maximum absolute atomic E-state index is 6.17. The molecule has 0 radical (unpaired) electrons. The molecule has 1 N–H and O–H groups in total. The van der Waals surface area contributed by atoms with Gasteiger partial charge in [0.05, 0.1) is 23.8 Å². The summed E-state index contributed by atoms with van der Waals surface area (Å²) in [4.78, 5) is 0. The van der Waals surface area contributed by atoms with Gasteiger partial charge in [0.1, 0.15) is 5.75 Å². The fourth-order valence-corrected chi connectivity index (χ4v) is 3.30. The molecule has 0 saturated carbocycles. The number of hydrogen-bond acceptors (Lipinski definition) is 4. The summed E-state index contributed by atoms with van der Waals surface area (Å²) >= 11 is 6.13. The number of likely N-dealkylation sites (N-methyl/N-ethyl adjacent to an activating group) is 1. The zero-order valence-electron chi connectivity index (χ0n) is 12.9. The Morgan fingerprint density at radius 3 is 2.67 bits per heavy atom. The average molecular weight is 314 g/mol. The number of hydrogen-bond donors (Lipinski definition) is 1. The third kappa shape index (κ3) is 3.51. The van der Waals surface area contributed by atoms with Crippen molar-refractivity contribution in [1.29, 1.82) is 0 Å². The van der Waals surface area contributed by atoms with Crippen LogP contribution in [0.1, 0.15) is 31.4 Å². The molecule has 1 aromatic carbocycles. The summed E-state index contributed by atoms with van der Waals surface area (Å²) in [6, 6.07) is 5.97. The average Bonchev–Trinajstić information content (AvgIpc) is 2.50. The number of ether oxygens (including phenoxy) is 3. The van der Waals surface area contributed by atoms with Crippen LogP contribution >= 0.6 is 11.6 Å². The van der Waals surface area contributed by atoms with E-state index in [1.807, 2.05) is 32.2 Å². The summed E-state index contributed by atoms with van der Waals surface area (Å²) in [5, 5.41) is 4.02. The van der Waals surface area contributed by atoms with Crippen LogP contribution < -0.4 is 10.1 Å². The topological polar surface area (TPSA) is 39.7 Å². The summed E-state index contributed by atoms with van der Waals surface area (Å²) in [7, 11) is 3.59. The highest BCUT2D eigenvalue weighted by Gasteiger charge is 2.41. The summed E-state index contributed by atoms with van der Waals surface area (Å²) in [5.74, 6) is 0.688. The van der Waals surface area contributed by atoms with Crippen molar-refractivity contribution in [3.05, 3.63) is 28.8 Å². The molecule has 118 valence electrons. The molecule has 1 fully saturated rings. The summed E-state index contributed by atoms with van der Waals surface area (Å²) in [6.45, 7) is 4.17. The third-order valence-corrected chi connectivity index (χ3v) is 4.41. The minimum absolute atomic E-state index is 0.0764. The van der Waals surface area contributed by atoms with Crippen LogP contribution in [0.25, 0.3) is 0 Å². The van der Waals surface area contributed by atoms with Gasteiger partial charge in [0.2, 0.25) is 0 Å². The normalized spacial score (nSPS) is 19.2. The van der Waals surface area contributed by atoms with Crippen molar-refractivity contribution >= 4 is 11.6 Å². The standard InChI is InChI=1S/C16H24ClNO3/c1-4-21-16(7-9-20-10-8-16)15(18-2)12-5-6-13(17)14(11-12)19-3/h5-6,11,15,18H,4,7-10H2,1-3H3. The number of rotatable bonds is 6. The Morgan fingerprint density at radius 1 is 1.38 bits per heavy atom. The molecule has 0 bridgehead atoms. The fraction of sp³-hybridized carbons (Fsp3) is 0.625. The lowest BCUT2D eigenvalue weighted by molar-refractivity contribution is -0.127. The van der Waals surface area contributed by atoms with E-state index in [9.17, 15) is 0 Å². The Morgan fingerprint density at radius 2 is 2.10 bits per heavy atom. The van der Waals surface area contributed by atoms with Gasteiger partial charge in [-0.2, -0.15) is 0 Å². The van der Waals surface area contributed by atoms with Gasteiger partial charge < -0.3 is 19.5 Å². The van der Waals surface area contributed by atoms with E-state index in [-0.39, 0.29) is 11.6 Å². The van der Waals surface area contributed by atoms with Gasteiger partial charge in [-0.1, -0.05) is 17.7 Å². The zero-order chi connectivity index (χ0) is 15.3. The SMILES string of the molecule is CCOC1(C(NC)c2ccc(Cl)c(OC)c2)CCOCC1. The molecule has 2 rings (SSSR count). The summed E-state index contributed by atoms with van der Waals surface area (Å²) in [6.07, 6.45) is 1.74. The molecule has 1 saturated heterocycles. The van der Waals surface area contributed by atoms with Crippen molar-refractivity contribution < 1.29 is 14.2 Å². The second kappa shape index (κ2) is 7.45. The van der Waals surface area contributed by atoms with Gasteiger partial charge in [-0.15, -0.1) is 0 Å². The molecular formula is C16H24ClNO3. The van der Waals surface area contributed by atoms with Gasteiger partial charge in [0.25, 0.3) is 0 Å². The van der Waals surface area contributed by atoms with Gasteiger partial charge >= 0.3 is 0 Å². The maximum atomic E-state index is 6.17. The predicted octanol–water partition coefficient (Wildman–Crippen LogP) is 3.19. The van der Waals surface area contributed by atoms with E-state index in [0.717, 1.165) is 31.6 Å². The molecule has 1 heterocycles. The quantitative estimate of drug-likeness (QED) is 0.875. The molecule has 1 aromatic rings. The van der Waals surface area contributed by atoms with Crippen molar-refractivity contribution in [2.45, 2.75) is 31.4 Å². The van der Waals surface area contributed by atoms with E-state index in [1.54, 1.807) is 7.11 Å². The lowest BCUT2D eigenvalue weighted by Crippen LogP contribution is -2.49. The largest absolute Gasteiger partial charge is 0.495 e. The fourth-order valence-electron chi connectivity index (χ4n) is 3.11. The molecular weight excluding hydrogens is 290 g/mol. The monoisotopic (exact) mass is 313 g/mol. The number of methoxy groups -OCH3 is 1. The van der Waals surface area contributed by atoms with Crippen LogP contribution in [0.2, 0.25) is 5.02 Å². The zero-order valence-corrected chi connectivity index (χ0v) is 13.7. The van der Waals surface area contributed by atoms with Crippen LogP contribution in [0.4, 0.5) is 0 Å². The van der Waals surface area contributed by atoms with E-state index < -0.39 is 0 Å². The van der Waals surface area contributed by atoms with Gasteiger partial charge in [-0.3, -0.25) is 0 Å². The maximum Gasteiger partial charge on any atom is 0.137 e. The first-order valence-electron chi connectivity index (χ1n) is 7.39. The molecule has 1 unspecified atom stereocenters. The second-order valence-corrected chi connectivity index (χ2v) is 5.63. The van der Waals surface area contributed by atoms with Crippen LogP contribution in [-0.4, -0.2) is 39.6 Å². The van der Waals surface area contributed by atoms with Gasteiger partial charge in [-0.05, 0) is 31.7 Å². The summed E-state index contributed by atoms with van der Waals surface area (Å²) in [5.41, 5.74) is 0.870. The van der Waals surface area contributed by atoms with Crippen molar-refractivity contribution in [1.82, 2.24) is 5.32 Å². The Kier molecular flexibility index (Phi) is 5.88. The molecule has 0 aliphatic carbocycles. The van der Waals surface area contributed by atoms with Crippen LogP contribution in [-0.2, 0) is 9.47 Å². The smallest absolute Gasteiger partial charge is 0.137 e. The number of benzene rings is 1. The first-order valence-corrected chi connectivity index (χ1v) is 7.77. The predicted molar refractivity (Wildman–Crippen MR) is 84.2 cm³/mol. The van der Waals surface area contributed by atoms with Crippen molar-refractivity contribution in [2.75, 3.05) is 34.0 Å². The van der Waals surface area contributed by atoms with Crippen LogP contribution in [0.3, 0.4) is 0 Å². The van der Waals surface area contributed by atoms with Crippen molar-refractivity contribution in [2.24, 2.45) is 0 Å². The highest BCUT2D eigenvalue weighted by Crippen LogP contribution is 2.39. The molecule has 4 nitrogen and oxygen atoms in total. The highest BCUT2D eigenvalue weighted by molar-refractivity contribution is 6.32. The molecule has 1 atom stereocenters. The van der Waals surface area contributed by atoms with E-state index in [2.05, 4.69) is 5.32 Å². The summed E-state index contributed by atoms with van der Waals surface area (Å²) < 4.78 is 17.0. The van der Waals surface area contributed by atoms with Gasteiger partial charge in [0, 0.05) is 32.7 Å². The lowest BCUT2D eigenvalue weighted by atomic mass is 9.82. The van der Waals surface area contributed by atoms with Crippen molar-refractivity contribution in [3.63, 3.8) is 0 Å². The first-order chi connectivity index (χ1) is 10.2. The molecule has 1 aliphatic heterocycles. The molecule has 0 amide bonds. The van der Waals surface area contributed by atoms with Crippen molar-refractivity contribution in [3.8, 4) is 5.75 Å². The third-order valence-electron chi connectivity index (χ3n) is 4.09. The Labute approximate surface area is 131 Å². The molecule has 1 aliphatic rings. The van der Waals surface area contributed by atoms with E-state index in [0.29, 0.717) is 17.4 Å². The van der Waals surface area contributed by atoms with Gasteiger partial charge in [-0.25, -0.2) is 0 Å². The van der Waals surface area contributed by atoms with Crippen LogP contribution in [0, 0.1) is 0 Å². The number of nitrogens with one attached hydrogen (secondary N) is 1. The van der Waals surface area contributed by atoms with Crippen LogP contribution in [0.15, 0.2) is 18.2 Å². The Bertz CT molecular complexity index is 455. The van der Waals surface area contributed by atoms with E-state index in [1.165, 1.54) is 0 Å². The Hall–Kier alpha value is -0.810. The minimum atomic E-state index is -0.249. The lowest BCUT2D eigenvalue weighted by Gasteiger charge is -2.43. The molecule has 0 spiro atoms. The Balaban J connectivity index is 2.35. The highest BCUT2D eigenvalue weighted by atomic mass is 35.5. The number of halogens is 1. The first kappa shape index (κ1) is 16.6. The van der Waals surface area contributed by atoms with E-state index in [4.69, 9.17) is 25.8 Å².